The zero-order chi connectivity index (χ0) is 22.7. The molecule has 2 aromatic carbocycles. The lowest BCUT2D eigenvalue weighted by Crippen LogP contribution is -2.35. The van der Waals surface area contributed by atoms with Crippen LogP contribution < -0.4 is 9.62 Å². The number of aryl methyl sites for hydroxylation is 2. The lowest BCUT2D eigenvalue weighted by atomic mass is 10.1. The van der Waals surface area contributed by atoms with Crippen molar-refractivity contribution in [1.29, 1.82) is 0 Å². The van der Waals surface area contributed by atoms with Crippen LogP contribution in [0, 0.1) is 13.8 Å². The van der Waals surface area contributed by atoms with Gasteiger partial charge in [-0.1, -0.05) is 24.3 Å². The Bertz CT molecular complexity index is 1210. The number of benzene rings is 2. The van der Waals surface area contributed by atoms with E-state index in [2.05, 4.69) is 14.6 Å². The second-order valence-corrected chi connectivity index (χ2v) is 10.4. The summed E-state index contributed by atoms with van der Waals surface area (Å²) in [6, 6.07) is 12.1. The highest BCUT2D eigenvalue weighted by atomic mass is 32.2. The highest BCUT2D eigenvalue weighted by Gasteiger charge is 2.25. The molecule has 0 radical (unpaired) electrons. The van der Waals surface area contributed by atoms with E-state index in [4.69, 9.17) is 0 Å². The molecule has 2 heterocycles. The molecule has 7 nitrogen and oxygen atoms in total. The molecule has 1 saturated heterocycles. The topological polar surface area (TPSA) is 82.6 Å². The molecule has 1 amide bonds. The van der Waals surface area contributed by atoms with Crippen LogP contribution in [0.5, 0.6) is 0 Å². The second-order valence-electron chi connectivity index (χ2n) is 7.87. The van der Waals surface area contributed by atoms with E-state index >= 15 is 0 Å². The van der Waals surface area contributed by atoms with E-state index in [0.717, 1.165) is 23.7 Å². The normalized spacial score (nSPS) is 14.8. The monoisotopic (exact) mass is 470 g/mol. The van der Waals surface area contributed by atoms with Crippen molar-refractivity contribution in [3.63, 3.8) is 0 Å². The first kappa shape index (κ1) is 22.3. The van der Waals surface area contributed by atoms with Crippen molar-refractivity contribution in [3.05, 3.63) is 70.7 Å². The molecule has 9 heteroatoms. The van der Waals surface area contributed by atoms with Gasteiger partial charge in [-0.15, -0.1) is 11.3 Å². The minimum atomic E-state index is -3.83. The van der Waals surface area contributed by atoms with Gasteiger partial charge < -0.3 is 9.80 Å². The molecule has 1 aliphatic heterocycles. The SMILES string of the molecule is Cc1ccc(C)c(S(=O)(=O)Nc2ccccc2C(=O)N2CCCN(c3nccs3)CC2)c1. The Morgan fingerprint density at radius 2 is 1.88 bits per heavy atom. The third-order valence-electron chi connectivity index (χ3n) is 5.51. The Labute approximate surface area is 192 Å². The van der Waals surface area contributed by atoms with Crippen molar-refractivity contribution in [2.24, 2.45) is 0 Å². The third-order valence-corrected chi connectivity index (χ3v) is 7.85. The molecule has 0 unspecified atom stereocenters. The van der Waals surface area contributed by atoms with Crippen LogP contribution in [0.2, 0.25) is 0 Å². The predicted octanol–water partition coefficient (Wildman–Crippen LogP) is 3.91. The highest BCUT2D eigenvalue weighted by Crippen LogP contribution is 2.25. The Morgan fingerprint density at radius 1 is 1.06 bits per heavy atom. The van der Waals surface area contributed by atoms with Crippen molar-refractivity contribution >= 4 is 38.1 Å². The summed E-state index contributed by atoms with van der Waals surface area (Å²) < 4.78 is 28.9. The van der Waals surface area contributed by atoms with Gasteiger partial charge in [0.1, 0.15) is 0 Å². The average molecular weight is 471 g/mol. The number of rotatable bonds is 5. The Morgan fingerprint density at radius 3 is 2.66 bits per heavy atom. The molecule has 1 N–H and O–H groups in total. The zero-order valence-electron chi connectivity index (χ0n) is 18.1. The molecule has 0 bridgehead atoms. The lowest BCUT2D eigenvalue weighted by Gasteiger charge is -2.23. The minimum Gasteiger partial charge on any atom is -0.346 e. The van der Waals surface area contributed by atoms with E-state index in [1.54, 1.807) is 65.8 Å². The van der Waals surface area contributed by atoms with Gasteiger partial charge in [0, 0.05) is 37.8 Å². The summed E-state index contributed by atoms with van der Waals surface area (Å²) >= 11 is 1.59. The van der Waals surface area contributed by atoms with Crippen LogP contribution in [0.4, 0.5) is 10.8 Å². The summed E-state index contributed by atoms with van der Waals surface area (Å²) in [6.45, 7) is 6.30. The maximum Gasteiger partial charge on any atom is 0.262 e. The second kappa shape index (κ2) is 9.30. The Balaban J connectivity index is 1.55. The number of carbonyl (C=O) groups excluding carboxylic acids is 1. The number of para-hydroxylation sites is 1. The minimum absolute atomic E-state index is 0.176. The van der Waals surface area contributed by atoms with Crippen molar-refractivity contribution in [2.45, 2.75) is 25.2 Å². The summed E-state index contributed by atoms with van der Waals surface area (Å²) in [5.41, 5.74) is 2.15. The standard InChI is InChI=1S/C23H26N4O3S2/c1-17-8-9-18(2)21(16-17)32(29,30)25-20-7-4-3-6-19(20)22(28)26-11-5-12-27(14-13-26)23-24-10-15-31-23/h3-4,6-10,15-16,25H,5,11-14H2,1-2H3. The summed E-state index contributed by atoms with van der Waals surface area (Å²) in [5.74, 6) is -0.176. The summed E-state index contributed by atoms with van der Waals surface area (Å²) in [5, 5.41) is 2.91. The third kappa shape index (κ3) is 4.78. The fraction of sp³-hybridized carbons (Fsp3) is 0.304. The molecule has 1 fully saturated rings. The van der Waals surface area contributed by atoms with Gasteiger partial charge in [-0.2, -0.15) is 0 Å². The number of hydrogen-bond donors (Lipinski definition) is 1. The molecule has 32 heavy (non-hydrogen) atoms. The van der Waals surface area contributed by atoms with Crippen LogP contribution in [-0.2, 0) is 10.0 Å². The molecule has 1 aromatic heterocycles. The van der Waals surface area contributed by atoms with Crippen molar-refractivity contribution in [1.82, 2.24) is 9.88 Å². The molecule has 0 saturated carbocycles. The van der Waals surface area contributed by atoms with E-state index in [1.165, 1.54) is 0 Å². The first-order chi connectivity index (χ1) is 15.3. The largest absolute Gasteiger partial charge is 0.346 e. The van der Waals surface area contributed by atoms with Crippen LogP contribution >= 0.6 is 11.3 Å². The van der Waals surface area contributed by atoms with E-state index < -0.39 is 10.0 Å². The molecule has 168 valence electrons. The predicted molar refractivity (Wildman–Crippen MR) is 128 cm³/mol. The summed E-state index contributed by atoms with van der Waals surface area (Å²) in [4.78, 5) is 21.9. The zero-order valence-corrected chi connectivity index (χ0v) is 19.7. The number of nitrogens with one attached hydrogen (secondary N) is 1. The van der Waals surface area contributed by atoms with Crippen molar-refractivity contribution in [3.8, 4) is 0 Å². The van der Waals surface area contributed by atoms with Crippen molar-refractivity contribution in [2.75, 3.05) is 35.8 Å². The fourth-order valence-corrected chi connectivity index (χ4v) is 5.92. The lowest BCUT2D eigenvalue weighted by molar-refractivity contribution is 0.0768. The number of anilines is 2. The maximum absolute atomic E-state index is 13.4. The number of carbonyl (C=O) groups is 1. The van der Waals surface area contributed by atoms with Crippen LogP contribution in [0.3, 0.4) is 0 Å². The van der Waals surface area contributed by atoms with E-state index in [9.17, 15) is 13.2 Å². The van der Waals surface area contributed by atoms with Gasteiger partial charge in [-0.3, -0.25) is 9.52 Å². The van der Waals surface area contributed by atoms with Gasteiger partial charge in [-0.05, 0) is 49.6 Å². The van der Waals surface area contributed by atoms with Crippen LogP contribution in [0.25, 0.3) is 0 Å². The number of nitrogens with zero attached hydrogens (tertiary/aromatic N) is 3. The first-order valence-corrected chi connectivity index (χ1v) is 12.8. The quantitative estimate of drug-likeness (QED) is 0.611. The molecule has 0 atom stereocenters. The van der Waals surface area contributed by atoms with Crippen LogP contribution in [0.15, 0.2) is 58.9 Å². The van der Waals surface area contributed by atoms with Gasteiger partial charge in [-0.25, -0.2) is 13.4 Å². The number of aromatic nitrogens is 1. The Hall–Kier alpha value is -2.91. The number of amides is 1. The van der Waals surface area contributed by atoms with Gasteiger partial charge >= 0.3 is 0 Å². The molecule has 0 spiro atoms. The van der Waals surface area contributed by atoms with E-state index in [0.29, 0.717) is 36.4 Å². The summed E-state index contributed by atoms with van der Waals surface area (Å²) in [7, 11) is -3.83. The maximum atomic E-state index is 13.4. The van der Waals surface area contributed by atoms with Gasteiger partial charge in [0.25, 0.3) is 15.9 Å². The molecule has 1 aliphatic rings. The van der Waals surface area contributed by atoms with Gasteiger partial charge in [0.2, 0.25) is 0 Å². The summed E-state index contributed by atoms with van der Waals surface area (Å²) in [6.07, 6.45) is 2.60. The molecule has 0 aliphatic carbocycles. The van der Waals surface area contributed by atoms with Crippen LogP contribution in [-0.4, -0.2) is 50.4 Å². The van der Waals surface area contributed by atoms with Gasteiger partial charge in [0.05, 0.1) is 16.1 Å². The number of hydrogen-bond acceptors (Lipinski definition) is 6. The fourth-order valence-electron chi connectivity index (χ4n) is 3.81. The first-order valence-electron chi connectivity index (χ1n) is 10.5. The smallest absolute Gasteiger partial charge is 0.262 e. The molecular formula is C23H26N4O3S2. The van der Waals surface area contributed by atoms with E-state index in [1.807, 2.05) is 18.4 Å². The molecule has 3 aromatic rings. The number of thiazole rings is 1. The van der Waals surface area contributed by atoms with Crippen LogP contribution in [0.1, 0.15) is 27.9 Å². The Kier molecular flexibility index (Phi) is 6.48. The van der Waals surface area contributed by atoms with Gasteiger partial charge in [0.15, 0.2) is 5.13 Å². The highest BCUT2D eigenvalue weighted by molar-refractivity contribution is 7.92. The molecule has 4 rings (SSSR count). The van der Waals surface area contributed by atoms with Crippen molar-refractivity contribution < 1.29 is 13.2 Å². The number of sulfonamides is 1. The van der Waals surface area contributed by atoms with E-state index in [-0.39, 0.29) is 10.8 Å². The average Bonchev–Trinajstić information content (AvgIpc) is 3.19. The molecular weight excluding hydrogens is 444 g/mol.